The topological polar surface area (TPSA) is 47.3 Å². The molecule has 2 fully saturated rings. The van der Waals surface area contributed by atoms with E-state index in [0.717, 1.165) is 23.9 Å². The van der Waals surface area contributed by atoms with Gasteiger partial charge in [0.25, 0.3) is 0 Å². The number of oxazole rings is 1. The van der Waals surface area contributed by atoms with Crippen LogP contribution in [0, 0.1) is 0 Å². The van der Waals surface area contributed by atoms with Crippen LogP contribution in [0.2, 0.25) is 0 Å². The predicted octanol–water partition coefficient (Wildman–Crippen LogP) is 2.49. The Labute approximate surface area is 105 Å². The van der Waals surface area contributed by atoms with E-state index in [4.69, 9.17) is 9.15 Å². The second kappa shape index (κ2) is 3.99. The van der Waals surface area contributed by atoms with Crippen molar-refractivity contribution in [3.8, 4) is 6.08 Å². The molecule has 1 aromatic carbocycles. The molecule has 2 saturated heterocycles. The van der Waals surface area contributed by atoms with E-state index in [0.29, 0.717) is 18.2 Å². The van der Waals surface area contributed by atoms with Gasteiger partial charge in [0.2, 0.25) is 0 Å². The summed E-state index contributed by atoms with van der Waals surface area (Å²) < 4.78 is 11.5. The Kier molecular flexibility index (Phi) is 2.30. The van der Waals surface area contributed by atoms with Gasteiger partial charge in [0.1, 0.15) is 11.6 Å². The van der Waals surface area contributed by atoms with Gasteiger partial charge in [-0.05, 0) is 37.8 Å². The molecule has 2 bridgehead atoms. The molecular formula is C14H16N2O2. The maximum Gasteiger partial charge on any atom is 0.394 e. The normalized spacial score (nSPS) is 30.8. The fourth-order valence-electron chi connectivity index (χ4n) is 3.15. The third-order valence-corrected chi connectivity index (χ3v) is 3.97. The van der Waals surface area contributed by atoms with Crippen molar-refractivity contribution in [1.82, 2.24) is 10.3 Å². The summed E-state index contributed by atoms with van der Waals surface area (Å²) in [4.78, 5) is 4.37. The SMILES string of the molecule is c1ccc2oc(OC3C[C@H]4CC[C@@H](C3)N4)nc2c1. The van der Waals surface area contributed by atoms with Crippen LogP contribution < -0.4 is 10.1 Å². The maximum absolute atomic E-state index is 5.90. The van der Waals surface area contributed by atoms with Crippen LogP contribution >= 0.6 is 0 Å². The summed E-state index contributed by atoms with van der Waals surface area (Å²) in [6.07, 6.45) is 5.35. The molecule has 18 heavy (non-hydrogen) atoms. The molecule has 4 rings (SSSR count). The van der Waals surface area contributed by atoms with Crippen LogP contribution in [0.25, 0.3) is 11.1 Å². The van der Waals surface area contributed by atoms with Crippen LogP contribution in [-0.2, 0) is 0 Å². The molecule has 1 aromatic heterocycles. The summed E-state index contributed by atoms with van der Waals surface area (Å²) in [6, 6.07) is 9.01. The van der Waals surface area contributed by atoms with Crippen LogP contribution in [0.1, 0.15) is 25.7 Å². The van der Waals surface area contributed by atoms with Crippen LogP contribution in [-0.4, -0.2) is 23.2 Å². The first kappa shape index (κ1) is 10.4. The summed E-state index contributed by atoms with van der Waals surface area (Å²) in [5.74, 6) is 0. The summed E-state index contributed by atoms with van der Waals surface area (Å²) in [6.45, 7) is 0. The van der Waals surface area contributed by atoms with Gasteiger partial charge >= 0.3 is 6.08 Å². The lowest BCUT2D eigenvalue weighted by molar-refractivity contribution is 0.103. The molecule has 4 nitrogen and oxygen atoms in total. The number of benzene rings is 1. The van der Waals surface area contributed by atoms with E-state index in [1.807, 2.05) is 24.3 Å². The van der Waals surface area contributed by atoms with Gasteiger partial charge in [-0.1, -0.05) is 12.1 Å². The standard InChI is InChI=1S/C14H16N2O2/c1-2-4-13-12(3-1)16-14(18-13)17-11-7-9-5-6-10(8-11)15-9/h1-4,9-11,15H,5-8H2/t9-,10+,11?. The third kappa shape index (κ3) is 1.77. The Morgan fingerprint density at radius 1 is 1.17 bits per heavy atom. The van der Waals surface area contributed by atoms with Crippen molar-refractivity contribution in [2.45, 2.75) is 43.9 Å². The number of ether oxygens (including phenoxy) is 1. The maximum atomic E-state index is 5.90. The molecule has 2 aromatic rings. The Bertz CT molecular complexity index is 521. The fourth-order valence-corrected chi connectivity index (χ4v) is 3.15. The number of nitrogens with one attached hydrogen (secondary N) is 1. The zero-order valence-corrected chi connectivity index (χ0v) is 10.1. The van der Waals surface area contributed by atoms with Crippen LogP contribution in [0.5, 0.6) is 6.08 Å². The Morgan fingerprint density at radius 2 is 1.94 bits per heavy atom. The molecular weight excluding hydrogens is 228 g/mol. The van der Waals surface area contributed by atoms with Gasteiger partial charge in [0.05, 0.1) is 0 Å². The number of nitrogens with zero attached hydrogens (tertiary/aromatic N) is 1. The van der Waals surface area contributed by atoms with E-state index in [-0.39, 0.29) is 6.10 Å². The van der Waals surface area contributed by atoms with Crippen molar-refractivity contribution < 1.29 is 9.15 Å². The summed E-state index contributed by atoms with van der Waals surface area (Å²) in [5.41, 5.74) is 1.66. The molecule has 2 aliphatic heterocycles. The monoisotopic (exact) mass is 244 g/mol. The zero-order valence-electron chi connectivity index (χ0n) is 10.1. The fraction of sp³-hybridized carbons (Fsp3) is 0.500. The number of aromatic nitrogens is 1. The molecule has 0 amide bonds. The highest BCUT2D eigenvalue weighted by Gasteiger charge is 2.35. The highest BCUT2D eigenvalue weighted by molar-refractivity contribution is 5.72. The van der Waals surface area contributed by atoms with Crippen LogP contribution in [0.4, 0.5) is 0 Å². The lowest BCUT2D eigenvalue weighted by Crippen LogP contribution is -2.42. The molecule has 4 heteroatoms. The van der Waals surface area contributed by atoms with Crippen LogP contribution in [0.15, 0.2) is 28.7 Å². The largest absolute Gasteiger partial charge is 0.447 e. The quantitative estimate of drug-likeness (QED) is 0.881. The highest BCUT2D eigenvalue weighted by Crippen LogP contribution is 2.30. The first-order valence-electron chi connectivity index (χ1n) is 6.65. The molecule has 3 atom stereocenters. The van der Waals surface area contributed by atoms with E-state index in [2.05, 4.69) is 10.3 Å². The van der Waals surface area contributed by atoms with Gasteiger partial charge < -0.3 is 14.5 Å². The molecule has 3 heterocycles. The number of piperidine rings is 1. The van der Waals surface area contributed by atoms with E-state index in [1.165, 1.54) is 12.8 Å². The van der Waals surface area contributed by atoms with E-state index >= 15 is 0 Å². The zero-order chi connectivity index (χ0) is 11.9. The molecule has 94 valence electrons. The Hall–Kier alpha value is -1.55. The van der Waals surface area contributed by atoms with Gasteiger partial charge in [-0.25, -0.2) is 0 Å². The summed E-state index contributed by atoms with van der Waals surface area (Å²) in [5, 5.41) is 3.60. The van der Waals surface area contributed by atoms with Crippen LogP contribution in [0.3, 0.4) is 0 Å². The minimum atomic E-state index is 0.247. The van der Waals surface area contributed by atoms with Crippen molar-refractivity contribution in [3.63, 3.8) is 0 Å². The van der Waals surface area contributed by atoms with Gasteiger partial charge in [-0.3, -0.25) is 0 Å². The molecule has 2 aliphatic rings. The minimum absolute atomic E-state index is 0.247. The van der Waals surface area contributed by atoms with Gasteiger partial charge in [0, 0.05) is 12.1 Å². The smallest absolute Gasteiger partial charge is 0.394 e. The van der Waals surface area contributed by atoms with Gasteiger partial charge in [-0.15, -0.1) is 0 Å². The minimum Gasteiger partial charge on any atom is -0.447 e. The van der Waals surface area contributed by atoms with Crippen molar-refractivity contribution in [3.05, 3.63) is 24.3 Å². The van der Waals surface area contributed by atoms with Crippen molar-refractivity contribution >= 4 is 11.1 Å². The lowest BCUT2D eigenvalue weighted by atomic mass is 10.0. The molecule has 1 unspecified atom stereocenters. The van der Waals surface area contributed by atoms with Crippen molar-refractivity contribution in [2.24, 2.45) is 0 Å². The second-order valence-electron chi connectivity index (χ2n) is 5.30. The van der Waals surface area contributed by atoms with E-state index in [1.54, 1.807) is 0 Å². The Morgan fingerprint density at radius 3 is 2.72 bits per heavy atom. The molecule has 0 aliphatic carbocycles. The predicted molar refractivity (Wildman–Crippen MR) is 67.6 cm³/mol. The van der Waals surface area contributed by atoms with E-state index in [9.17, 15) is 0 Å². The second-order valence-corrected chi connectivity index (χ2v) is 5.30. The van der Waals surface area contributed by atoms with Gasteiger partial charge in [0.15, 0.2) is 5.58 Å². The summed E-state index contributed by atoms with van der Waals surface area (Å²) in [7, 11) is 0. The highest BCUT2D eigenvalue weighted by atomic mass is 16.6. The molecule has 0 radical (unpaired) electrons. The third-order valence-electron chi connectivity index (χ3n) is 3.97. The first-order chi connectivity index (χ1) is 8.87. The molecule has 0 saturated carbocycles. The number of hydrogen-bond donors (Lipinski definition) is 1. The molecule has 0 spiro atoms. The number of rotatable bonds is 2. The first-order valence-corrected chi connectivity index (χ1v) is 6.65. The average molecular weight is 244 g/mol. The lowest BCUT2D eigenvalue weighted by Gasteiger charge is -2.28. The number of para-hydroxylation sites is 2. The Balaban J connectivity index is 1.54. The van der Waals surface area contributed by atoms with E-state index < -0.39 is 0 Å². The van der Waals surface area contributed by atoms with Gasteiger partial charge in [-0.2, -0.15) is 4.98 Å². The molecule has 1 N–H and O–H groups in total. The van der Waals surface area contributed by atoms with Crippen molar-refractivity contribution in [2.75, 3.05) is 0 Å². The number of hydrogen-bond acceptors (Lipinski definition) is 4. The van der Waals surface area contributed by atoms with Crippen molar-refractivity contribution in [1.29, 1.82) is 0 Å². The summed E-state index contributed by atoms with van der Waals surface area (Å²) >= 11 is 0. The average Bonchev–Trinajstić information content (AvgIpc) is 2.92. The number of fused-ring (bicyclic) bond motifs is 3.